The van der Waals surface area contributed by atoms with Crippen molar-refractivity contribution in [3.05, 3.63) is 47.9 Å². The number of alkyl halides is 3. The Labute approximate surface area is 159 Å². The van der Waals surface area contributed by atoms with Gasteiger partial charge in [0.1, 0.15) is 5.76 Å². The lowest BCUT2D eigenvalue weighted by Gasteiger charge is -2.21. The van der Waals surface area contributed by atoms with E-state index in [1.807, 2.05) is 0 Å². The number of likely N-dealkylation sites (tertiary alicyclic amines) is 1. The molecular formula is C19H20F3N3O3. The van der Waals surface area contributed by atoms with Crippen LogP contribution in [0.2, 0.25) is 0 Å². The fraction of sp³-hybridized carbons (Fsp3) is 0.368. The first-order valence-electron chi connectivity index (χ1n) is 8.64. The molecule has 9 heteroatoms. The van der Waals surface area contributed by atoms with E-state index in [9.17, 15) is 22.8 Å². The molecule has 2 amide bonds. The molecule has 1 fully saturated rings. The van der Waals surface area contributed by atoms with Gasteiger partial charge in [-0.1, -0.05) is 0 Å². The monoisotopic (exact) mass is 395 g/mol. The molecule has 1 aromatic heterocycles. The summed E-state index contributed by atoms with van der Waals surface area (Å²) in [6.45, 7) is 0.434. The Kier molecular flexibility index (Phi) is 5.35. The highest BCUT2D eigenvalue weighted by Crippen LogP contribution is 2.35. The van der Waals surface area contributed by atoms with Gasteiger partial charge in [-0.2, -0.15) is 13.2 Å². The summed E-state index contributed by atoms with van der Waals surface area (Å²) >= 11 is 0. The second-order valence-corrected chi connectivity index (χ2v) is 6.87. The number of nitrogens with zero attached hydrogens (tertiary/aromatic N) is 2. The predicted octanol–water partition coefficient (Wildman–Crippen LogP) is 3.35. The molecule has 2 heterocycles. The summed E-state index contributed by atoms with van der Waals surface area (Å²) < 4.78 is 44.3. The smallest absolute Gasteiger partial charge is 0.416 e. The second kappa shape index (κ2) is 7.57. The maximum absolute atomic E-state index is 13.0. The number of furan rings is 1. The van der Waals surface area contributed by atoms with E-state index in [1.54, 1.807) is 31.1 Å². The summed E-state index contributed by atoms with van der Waals surface area (Å²) in [5.74, 6) is -0.736. The molecule has 1 aliphatic heterocycles. The van der Waals surface area contributed by atoms with Crippen LogP contribution < -0.4 is 10.2 Å². The largest absolute Gasteiger partial charge is 0.467 e. The molecule has 1 aromatic carbocycles. The van der Waals surface area contributed by atoms with E-state index in [0.717, 1.165) is 12.1 Å². The van der Waals surface area contributed by atoms with E-state index in [1.165, 1.54) is 17.2 Å². The van der Waals surface area contributed by atoms with Crippen LogP contribution in [0.5, 0.6) is 0 Å². The zero-order valence-corrected chi connectivity index (χ0v) is 15.4. The maximum atomic E-state index is 13.0. The van der Waals surface area contributed by atoms with Crippen molar-refractivity contribution in [2.75, 3.05) is 30.9 Å². The quantitative estimate of drug-likeness (QED) is 0.843. The molecule has 0 radical (unpaired) electrons. The van der Waals surface area contributed by atoms with Gasteiger partial charge >= 0.3 is 6.18 Å². The second-order valence-electron chi connectivity index (χ2n) is 6.87. The van der Waals surface area contributed by atoms with E-state index in [0.29, 0.717) is 11.4 Å². The fourth-order valence-corrected chi connectivity index (χ4v) is 3.13. The highest BCUT2D eigenvalue weighted by atomic mass is 19.4. The summed E-state index contributed by atoms with van der Waals surface area (Å²) in [6, 6.07) is 6.62. The summed E-state index contributed by atoms with van der Waals surface area (Å²) in [4.78, 5) is 27.9. The topological polar surface area (TPSA) is 65.8 Å². The average molecular weight is 395 g/mol. The van der Waals surface area contributed by atoms with E-state index in [4.69, 9.17) is 4.42 Å². The van der Waals surface area contributed by atoms with Crippen molar-refractivity contribution in [3.63, 3.8) is 0 Å². The lowest BCUT2D eigenvalue weighted by Crippen LogP contribution is -2.28. The third kappa shape index (κ3) is 4.29. The van der Waals surface area contributed by atoms with Crippen LogP contribution in [0, 0.1) is 5.92 Å². The Morgan fingerprint density at radius 1 is 1.32 bits per heavy atom. The minimum Gasteiger partial charge on any atom is -0.467 e. The van der Waals surface area contributed by atoms with Crippen LogP contribution in [-0.4, -0.2) is 37.4 Å². The number of benzene rings is 1. The van der Waals surface area contributed by atoms with Gasteiger partial charge in [-0.15, -0.1) is 0 Å². The van der Waals surface area contributed by atoms with Crippen molar-refractivity contribution in [3.8, 4) is 0 Å². The number of hydrogen-bond acceptors (Lipinski definition) is 4. The van der Waals surface area contributed by atoms with Crippen molar-refractivity contribution >= 4 is 23.2 Å². The SMILES string of the molecule is CN(C)c1ccc(C(F)(F)F)cc1NC(=O)[C@H]1CC(=O)N(Cc2ccco2)C1. The molecule has 6 nitrogen and oxygen atoms in total. The molecule has 0 bridgehead atoms. The Morgan fingerprint density at radius 2 is 2.07 bits per heavy atom. The molecular weight excluding hydrogens is 375 g/mol. The van der Waals surface area contributed by atoms with Crippen LogP contribution in [0.15, 0.2) is 41.0 Å². The van der Waals surface area contributed by atoms with Crippen LogP contribution in [0.1, 0.15) is 17.7 Å². The number of amides is 2. The minimum atomic E-state index is -4.52. The number of halogens is 3. The molecule has 0 spiro atoms. The van der Waals surface area contributed by atoms with Gasteiger partial charge in [0, 0.05) is 27.1 Å². The van der Waals surface area contributed by atoms with Gasteiger partial charge in [0.25, 0.3) is 0 Å². The van der Waals surface area contributed by atoms with Gasteiger partial charge in [-0.25, -0.2) is 0 Å². The molecule has 1 N–H and O–H groups in total. The van der Waals surface area contributed by atoms with E-state index in [-0.39, 0.29) is 31.1 Å². The zero-order valence-electron chi connectivity index (χ0n) is 15.4. The van der Waals surface area contributed by atoms with Crippen LogP contribution in [-0.2, 0) is 22.3 Å². The van der Waals surface area contributed by atoms with Crippen molar-refractivity contribution < 1.29 is 27.2 Å². The molecule has 0 saturated carbocycles. The van der Waals surface area contributed by atoms with E-state index >= 15 is 0 Å². The van der Waals surface area contributed by atoms with Crippen LogP contribution in [0.4, 0.5) is 24.5 Å². The third-order valence-corrected chi connectivity index (χ3v) is 4.58. The van der Waals surface area contributed by atoms with Gasteiger partial charge in [0.05, 0.1) is 35.7 Å². The summed E-state index contributed by atoms with van der Waals surface area (Å²) in [6.07, 6.45) is -3.02. The molecule has 2 aromatic rings. The molecule has 28 heavy (non-hydrogen) atoms. The number of carbonyl (C=O) groups excluding carboxylic acids is 2. The number of rotatable bonds is 5. The van der Waals surface area contributed by atoms with Crippen LogP contribution in [0.25, 0.3) is 0 Å². The van der Waals surface area contributed by atoms with Crippen LogP contribution >= 0.6 is 0 Å². The maximum Gasteiger partial charge on any atom is 0.416 e. The van der Waals surface area contributed by atoms with Crippen molar-refractivity contribution in [1.82, 2.24) is 4.90 Å². The lowest BCUT2D eigenvalue weighted by atomic mass is 10.1. The number of carbonyl (C=O) groups is 2. The standard InChI is InChI=1S/C19H20F3N3O3/c1-24(2)16-6-5-13(19(20,21)22)9-15(16)23-18(27)12-8-17(26)25(10-12)11-14-4-3-7-28-14/h3-7,9,12H,8,10-11H2,1-2H3,(H,23,27)/t12-/m0/s1. The van der Waals surface area contributed by atoms with Crippen LogP contribution in [0.3, 0.4) is 0 Å². The Morgan fingerprint density at radius 3 is 2.68 bits per heavy atom. The molecule has 3 rings (SSSR count). The Balaban J connectivity index is 1.74. The van der Waals surface area contributed by atoms with Crippen molar-refractivity contribution in [2.24, 2.45) is 5.92 Å². The first-order chi connectivity index (χ1) is 13.1. The summed E-state index contributed by atoms with van der Waals surface area (Å²) in [5.41, 5.74) is -0.352. The van der Waals surface area contributed by atoms with Gasteiger partial charge in [-0.3, -0.25) is 9.59 Å². The highest BCUT2D eigenvalue weighted by Gasteiger charge is 2.36. The predicted molar refractivity (Wildman–Crippen MR) is 96.6 cm³/mol. The molecule has 1 saturated heterocycles. The van der Waals surface area contributed by atoms with Gasteiger partial charge in [-0.05, 0) is 30.3 Å². The fourth-order valence-electron chi connectivity index (χ4n) is 3.13. The van der Waals surface area contributed by atoms with Crippen molar-refractivity contribution in [1.29, 1.82) is 0 Å². The summed E-state index contributed by atoms with van der Waals surface area (Å²) in [5, 5.41) is 2.56. The molecule has 150 valence electrons. The van der Waals surface area contributed by atoms with E-state index < -0.39 is 23.6 Å². The number of anilines is 2. The first-order valence-corrected chi connectivity index (χ1v) is 8.64. The van der Waals surface area contributed by atoms with Gasteiger partial charge in [0.2, 0.25) is 11.8 Å². The van der Waals surface area contributed by atoms with Gasteiger partial charge < -0.3 is 19.5 Å². The minimum absolute atomic E-state index is 0.00278. The Bertz CT molecular complexity index is 863. The van der Waals surface area contributed by atoms with Gasteiger partial charge in [0.15, 0.2) is 0 Å². The van der Waals surface area contributed by atoms with Crippen molar-refractivity contribution in [2.45, 2.75) is 19.1 Å². The van der Waals surface area contributed by atoms with E-state index in [2.05, 4.69) is 5.32 Å². The lowest BCUT2D eigenvalue weighted by molar-refractivity contribution is -0.137. The first kappa shape index (κ1) is 19.8. The molecule has 0 aliphatic carbocycles. The number of nitrogens with one attached hydrogen (secondary N) is 1. The zero-order chi connectivity index (χ0) is 20.5. The normalized spacial score (nSPS) is 17.1. The average Bonchev–Trinajstić information content (AvgIpc) is 3.24. The Hall–Kier alpha value is -2.97. The number of hydrogen-bond donors (Lipinski definition) is 1. The molecule has 1 atom stereocenters. The molecule has 0 unspecified atom stereocenters. The highest BCUT2D eigenvalue weighted by molar-refractivity contribution is 5.99. The third-order valence-electron chi connectivity index (χ3n) is 4.58. The summed E-state index contributed by atoms with van der Waals surface area (Å²) in [7, 11) is 3.34. The molecule has 1 aliphatic rings.